The van der Waals surface area contributed by atoms with Gasteiger partial charge in [0.05, 0.1) is 6.61 Å². The maximum Gasteiger partial charge on any atom is 0.343 e. The van der Waals surface area contributed by atoms with Gasteiger partial charge in [-0.1, -0.05) is 0 Å². The summed E-state index contributed by atoms with van der Waals surface area (Å²) in [6.45, 7) is -0.502. The summed E-state index contributed by atoms with van der Waals surface area (Å²) in [4.78, 5) is 0. The van der Waals surface area contributed by atoms with E-state index in [2.05, 4.69) is 5.09 Å². The Bertz CT molecular complexity index is 202. The molecule has 7 heteroatoms. The fourth-order valence-corrected chi connectivity index (χ4v) is 3.23. The summed E-state index contributed by atoms with van der Waals surface area (Å²) >= 11 is 0. The summed E-state index contributed by atoms with van der Waals surface area (Å²) in [6.07, 6.45) is 0.767. The van der Waals surface area contributed by atoms with Gasteiger partial charge >= 0.3 is 7.67 Å². The topological polar surface area (TPSA) is 41.6 Å². The molecule has 0 aromatic heterocycles. The standard InChI is InChI=1S/C7H15F2N2O2P/c8-2-5-11(6-3-9)14(12)10-4-1-7-13-14/h1-7H2,(H,10,12). The minimum Gasteiger partial charge on any atom is -0.306 e. The zero-order chi connectivity index (χ0) is 10.4. The Kier molecular flexibility index (Phi) is 4.95. The predicted molar refractivity (Wildman–Crippen MR) is 49.7 cm³/mol. The Morgan fingerprint density at radius 3 is 2.43 bits per heavy atom. The van der Waals surface area contributed by atoms with Crippen LogP contribution < -0.4 is 5.09 Å². The van der Waals surface area contributed by atoms with Crippen LogP contribution >= 0.6 is 7.67 Å². The quantitative estimate of drug-likeness (QED) is 0.721. The Labute approximate surface area is 82.2 Å². The van der Waals surface area contributed by atoms with Crippen molar-refractivity contribution in [2.45, 2.75) is 6.42 Å². The Hall–Kier alpha value is -0.0300. The number of hydrogen-bond acceptors (Lipinski definition) is 2. The average Bonchev–Trinajstić information content (AvgIpc) is 2.19. The number of nitrogens with zero attached hydrogens (tertiary/aromatic N) is 1. The summed E-state index contributed by atoms with van der Waals surface area (Å²) < 4.78 is 42.5. The van der Waals surface area contributed by atoms with E-state index in [4.69, 9.17) is 4.52 Å². The predicted octanol–water partition coefficient (Wildman–Crippen LogP) is 1.35. The number of halogens is 2. The van der Waals surface area contributed by atoms with Crippen molar-refractivity contribution < 1.29 is 17.9 Å². The summed E-state index contributed by atoms with van der Waals surface area (Å²) in [5.41, 5.74) is 0. The van der Waals surface area contributed by atoms with Crippen molar-refractivity contribution in [3.05, 3.63) is 0 Å². The average molecular weight is 228 g/mol. The number of alkyl halides is 2. The molecule has 0 saturated carbocycles. The van der Waals surface area contributed by atoms with E-state index in [0.717, 1.165) is 6.42 Å². The van der Waals surface area contributed by atoms with Crippen LogP contribution in [-0.2, 0) is 9.09 Å². The fraction of sp³-hybridized carbons (Fsp3) is 1.00. The first kappa shape index (κ1) is 12.0. The Balaban J connectivity index is 2.58. The van der Waals surface area contributed by atoms with Crippen LogP contribution in [0.3, 0.4) is 0 Å². The van der Waals surface area contributed by atoms with E-state index in [-0.39, 0.29) is 13.1 Å². The first-order valence-corrected chi connectivity index (χ1v) is 6.18. The minimum absolute atomic E-state index is 0.0613. The summed E-state index contributed by atoms with van der Waals surface area (Å²) in [5, 5.41) is 2.69. The lowest BCUT2D eigenvalue weighted by molar-refractivity contribution is 0.214. The first-order chi connectivity index (χ1) is 6.73. The molecule has 0 aliphatic carbocycles. The highest BCUT2D eigenvalue weighted by molar-refractivity contribution is 7.54. The molecule has 84 valence electrons. The van der Waals surface area contributed by atoms with E-state index >= 15 is 0 Å². The molecule has 1 heterocycles. The molecule has 1 aliphatic heterocycles. The number of nitrogens with one attached hydrogen (secondary N) is 1. The summed E-state index contributed by atoms with van der Waals surface area (Å²) in [5.74, 6) is 0. The van der Waals surface area contributed by atoms with Crippen LogP contribution in [0.15, 0.2) is 0 Å². The van der Waals surface area contributed by atoms with E-state index in [1.165, 1.54) is 4.67 Å². The molecule has 1 atom stereocenters. The largest absolute Gasteiger partial charge is 0.343 e. The molecule has 1 rings (SSSR count). The molecular weight excluding hydrogens is 213 g/mol. The van der Waals surface area contributed by atoms with Crippen molar-refractivity contribution in [2.24, 2.45) is 0 Å². The van der Waals surface area contributed by atoms with Crippen molar-refractivity contribution in [1.82, 2.24) is 9.76 Å². The molecule has 0 spiro atoms. The molecule has 0 aromatic carbocycles. The minimum atomic E-state index is -3.15. The molecule has 4 nitrogen and oxygen atoms in total. The van der Waals surface area contributed by atoms with Crippen LogP contribution in [0.5, 0.6) is 0 Å². The molecule has 0 radical (unpaired) electrons. The highest BCUT2D eigenvalue weighted by Gasteiger charge is 2.33. The van der Waals surface area contributed by atoms with Gasteiger partial charge in [-0.2, -0.15) is 0 Å². The van der Waals surface area contributed by atoms with Crippen molar-refractivity contribution in [1.29, 1.82) is 0 Å². The van der Waals surface area contributed by atoms with Crippen molar-refractivity contribution in [3.63, 3.8) is 0 Å². The molecule has 0 bridgehead atoms. The van der Waals surface area contributed by atoms with E-state index in [1.807, 2.05) is 0 Å². The van der Waals surface area contributed by atoms with Gasteiger partial charge < -0.3 is 4.52 Å². The molecule has 14 heavy (non-hydrogen) atoms. The monoisotopic (exact) mass is 228 g/mol. The van der Waals surface area contributed by atoms with E-state index in [1.54, 1.807) is 0 Å². The maximum atomic E-state index is 12.1. The first-order valence-electron chi connectivity index (χ1n) is 4.60. The van der Waals surface area contributed by atoms with Crippen LogP contribution in [0.2, 0.25) is 0 Å². The van der Waals surface area contributed by atoms with Crippen LogP contribution in [0, 0.1) is 0 Å². The van der Waals surface area contributed by atoms with Gasteiger partial charge in [-0.05, 0) is 6.42 Å². The Morgan fingerprint density at radius 2 is 2.00 bits per heavy atom. The number of hydrogen-bond donors (Lipinski definition) is 1. The van der Waals surface area contributed by atoms with Gasteiger partial charge in [-0.25, -0.2) is 18.5 Å². The van der Waals surface area contributed by atoms with E-state index in [9.17, 15) is 13.3 Å². The second-order valence-corrected chi connectivity index (χ2v) is 5.13. The van der Waals surface area contributed by atoms with Crippen molar-refractivity contribution in [3.8, 4) is 0 Å². The molecule has 1 aliphatic rings. The molecule has 1 saturated heterocycles. The second-order valence-electron chi connectivity index (χ2n) is 2.95. The molecule has 1 fully saturated rings. The van der Waals surface area contributed by atoms with Crippen LogP contribution in [0.1, 0.15) is 6.42 Å². The molecule has 0 amide bonds. The third-order valence-electron chi connectivity index (χ3n) is 1.96. The van der Waals surface area contributed by atoms with Gasteiger partial charge in [-0.15, -0.1) is 0 Å². The molecular formula is C7H15F2N2O2P. The maximum absolute atomic E-state index is 12.1. The summed E-state index contributed by atoms with van der Waals surface area (Å²) in [6, 6.07) is 0. The van der Waals surface area contributed by atoms with Crippen molar-refractivity contribution in [2.75, 3.05) is 39.6 Å². The van der Waals surface area contributed by atoms with E-state index in [0.29, 0.717) is 13.2 Å². The van der Waals surface area contributed by atoms with Gasteiger partial charge in [0.2, 0.25) is 0 Å². The Morgan fingerprint density at radius 1 is 1.36 bits per heavy atom. The molecule has 1 unspecified atom stereocenters. The lowest BCUT2D eigenvalue weighted by atomic mass is 10.5. The van der Waals surface area contributed by atoms with Crippen LogP contribution in [0.25, 0.3) is 0 Å². The van der Waals surface area contributed by atoms with Gasteiger partial charge in [0.1, 0.15) is 13.3 Å². The normalized spacial score (nSPS) is 28.2. The van der Waals surface area contributed by atoms with Gasteiger partial charge in [0, 0.05) is 19.6 Å². The van der Waals surface area contributed by atoms with Gasteiger partial charge in [0.15, 0.2) is 0 Å². The van der Waals surface area contributed by atoms with Gasteiger partial charge in [-0.3, -0.25) is 4.57 Å². The van der Waals surface area contributed by atoms with Crippen LogP contribution in [-0.4, -0.2) is 44.3 Å². The van der Waals surface area contributed by atoms with Crippen molar-refractivity contribution >= 4 is 7.67 Å². The highest BCUT2D eigenvalue weighted by atomic mass is 31.2. The molecule has 1 N–H and O–H groups in total. The number of rotatable bonds is 5. The zero-order valence-corrected chi connectivity index (χ0v) is 8.81. The molecule has 0 aromatic rings. The third-order valence-corrected chi connectivity index (χ3v) is 4.26. The zero-order valence-electron chi connectivity index (χ0n) is 7.92. The smallest absolute Gasteiger partial charge is 0.306 e. The van der Waals surface area contributed by atoms with Gasteiger partial charge in [0.25, 0.3) is 0 Å². The highest BCUT2D eigenvalue weighted by Crippen LogP contribution is 2.47. The van der Waals surface area contributed by atoms with E-state index < -0.39 is 21.0 Å². The fourth-order valence-electron chi connectivity index (χ4n) is 1.28. The summed E-state index contributed by atoms with van der Waals surface area (Å²) in [7, 11) is -3.15. The third kappa shape index (κ3) is 2.98. The second kappa shape index (κ2) is 5.75. The lowest BCUT2D eigenvalue weighted by Crippen LogP contribution is -2.36. The van der Waals surface area contributed by atoms with Crippen LogP contribution in [0.4, 0.5) is 8.78 Å². The SMILES string of the molecule is O=P1(N(CCF)CCF)NCCCO1. The lowest BCUT2D eigenvalue weighted by Gasteiger charge is -2.32.